The molecule has 22 heavy (non-hydrogen) atoms. The van der Waals surface area contributed by atoms with Crippen LogP contribution in [0.5, 0.6) is 0 Å². The normalized spacial score (nSPS) is 25.1. The molecule has 4 heteroatoms. The molecule has 1 unspecified atom stereocenters. The highest BCUT2D eigenvalue weighted by Gasteiger charge is 2.59. The molecule has 0 bridgehead atoms. The second kappa shape index (κ2) is 4.83. The number of carboxylic acid groups (broad SMARTS) is 1. The number of aromatic carboxylic acids is 1. The molecule has 0 radical (unpaired) electrons. The second-order valence-corrected chi connectivity index (χ2v) is 7.12. The summed E-state index contributed by atoms with van der Waals surface area (Å²) in [5.74, 6) is -0.370. The van der Waals surface area contributed by atoms with Crippen LogP contribution in [0.3, 0.4) is 0 Å². The van der Waals surface area contributed by atoms with E-state index in [1.54, 1.807) is 12.1 Å². The fraction of sp³-hybridized carbons (Fsp3) is 0.556. The van der Waals surface area contributed by atoms with Crippen LogP contribution in [0.1, 0.15) is 53.6 Å². The van der Waals surface area contributed by atoms with Crippen molar-refractivity contribution in [1.82, 2.24) is 4.90 Å². The summed E-state index contributed by atoms with van der Waals surface area (Å²) in [5.41, 5.74) is 2.83. The van der Waals surface area contributed by atoms with Crippen LogP contribution in [0.4, 0.5) is 0 Å². The molecule has 4 rings (SSSR count). The first-order valence-corrected chi connectivity index (χ1v) is 8.23. The molecule has 0 aromatic heterocycles. The number of nitrogens with zero attached hydrogens (tertiary/aromatic N) is 1. The Hall–Kier alpha value is -1.84. The number of benzene rings is 1. The minimum atomic E-state index is -0.904. The molecule has 1 aromatic carbocycles. The van der Waals surface area contributed by atoms with E-state index in [0.29, 0.717) is 23.4 Å². The molecule has 3 aliphatic rings. The maximum absolute atomic E-state index is 12.8. The lowest BCUT2D eigenvalue weighted by Crippen LogP contribution is -2.38. The van der Waals surface area contributed by atoms with Crippen molar-refractivity contribution in [3.8, 4) is 0 Å². The van der Waals surface area contributed by atoms with Crippen LogP contribution < -0.4 is 0 Å². The third-order valence-electron chi connectivity index (χ3n) is 5.86. The summed E-state index contributed by atoms with van der Waals surface area (Å²) in [7, 11) is 0. The molecular formula is C18H21NO3. The van der Waals surface area contributed by atoms with Gasteiger partial charge in [0, 0.05) is 19.0 Å². The number of carbonyl (C=O) groups excluding carboxylic acids is 1. The summed E-state index contributed by atoms with van der Waals surface area (Å²) in [6, 6.07) is 5.29. The number of carbonyl (C=O) groups is 2. The summed E-state index contributed by atoms with van der Waals surface area (Å²) in [6.07, 6.45) is 6.89. The van der Waals surface area contributed by atoms with Crippen molar-refractivity contribution in [2.24, 2.45) is 11.3 Å². The van der Waals surface area contributed by atoms with Gasteiger partial charge >= 0.3 is 5.97 Å². The highest BCUT2D eigenvalue weighted by atomic mass is 16.4. The average Bonchev–Trinajstić information content (AvgIpc) is 3.02. The Morgan fingerprint density at radius 3 is 2.68 bits per heavy atom. The van der Waals surface area contributed by atoms with E-state index in [2.05, 4.69) is 0 Å². The Morgan fingerprint density at radius 1 is 1.18 bits per heavy atom. The van der Waals surface area contributed by atoms with Crippen LogP contribution in [-0.4, -0.2) is 28.4 Å². The van der Waals surface area contributed by atoms with Crippen molar-refractivity contribution in [1.29, 1.82) is 0 Å². The molecule has 1 spiro atoms. The van der Waals surface area contributed by atoms with Gasteiger partial charge in [0.25, 0.3) is 0 Å². The van der Waals surface area contributed by atoms with Gasteiger partial charge < -0.3 is 10.0 Å². The van der Waals surface area contributed by atoms with Gasteiger partial charge in [0.1, 0.15) is 0 Å². The van der Waals surface area contributed by atoms with Gasteiger partial charge in [-0.1, -0.05) is 18.9 Å². The summed E-state index contributed by atoms with van der Waals surface area (Å²) in [6.45, 7) is 1.34. The monoisotopic (exact) mass is 299 g/mol. The molecule has 1 heterocycles. The minimum absolute atomic E-state index is 0.235. The van der Waals surface area contributed by atoms with Crippen molar-refractivity contribution in [2.45, 2.75) is 45.1 Å². The van der Waals surface area contributed by atoms with Gasteiger partial charge in [-0.25, -0.2) is 4.79 Å². The molecule has 2 fully saturated rings. The Bertz CT molecular complexity index is 646. The number of amides is 1. The summed E-state index contributed by atoms with van der Waals surface area (Å²) < 4.78 is 0. The summed E-state index contributed by atoms with van der Waals surface area (Å²) in [4.78, 5) is 25.8. The average molecular weight is 299 g/mol. The van der Waals surface area contributed by atoms with Crippen LogP contribution in [0.2, 0.25) is 0 Å². The Kier molecular flexibility index (Phi) is 3.03. The number of hydrogen-bond donors (Lipinski definition) is 1. The fourth-order valence-corrected chi connectivity index (χ4v) is 4.43. The van der Waals surface area contributed by atoms with Crippen molar-refractivity contribution in [3.63, 3.8) is 0 Å². The van der Waals surface area contributed by atoms with Crippen LogP contribution in [-0.2, 0) is 17.8 Å². The first-order valence-electron chi connectivity index (χ1n) is 8.23. The predicted octanol–water partition coefficient (Wildman–Crippen LogP) is 2.85. The molecule has 1 atom stereocenters. The van der Waals surface area contributed by atoms with Gasteiger partial charge in [0.15, 0.2) is 0 Å². The number of carboxylic acids is 1. The van der Waals surface area contributed by atoms with E-state index in [1.807, 2.05) is 11.0 Å². The SMILES string of the molecule is O=C(O)c1ccc2c(c1)CN(C(=O)C1CC13CCCC3)CC2. The fourth-order valence-electron chi connectivity index (χ4n) is 4.43. The number of hydrogen-bond acceptors (Lipinski definition) is 2. The highest BCUT2D eigenvalue weighted by Crippen LogP contribution is 2.63. The van der Waals surface area contributed by atoms with E-state index in [0.717, 1.165) is 24.9 Å². The molecule has 1 aliphatic heterocycles. The van der Waals surface area contributed by atoms with E-state index >= 15 is 0 Å². The first-order chi connectivity index (χ1) is 10.6. The Labute approximate surface area is 130 Å². The zero-order chi connectivity index (χ0) is 15.3. The van der Waals surface area contributed by atoms with Crippen molar-refractivity contribution in [2.75, 3.05) is 6.54 Å². The zero-order valence-electron chi connectivity index (χ0n) is 12.7. The van der Waals surface area contributed by atoms with Crippen molar-refractivity contribution in [3.05, 3.63) is 34.9 Å². The Morgan fingerprint density at radius 2 is 1.95 bits per heavy atom. The van der Waals surface area contributed by atoms with Crippen molar-refractivity contribution >= 4 is 11.9 Å². The minimum Gasteiger partial charge on any atom is -0.478 e. The van der Waals surface area contributed by atoms with Gasteiger partial charge in [-0.3, -0.25) is 4.79 Å². The number of rotatable bonds is 2. The first kappa shape index (κ1) is 13.8. The topological polar surface area (TPSA) is 57.6 Å². The molecule has 1 amide bonds. The molecule has 0 saturated heterocycles. The van der Waals surface area contributed by atoms with Gasteiger partial charge in [-0.2, -0.15) is 0 Å². The molecule has 116 valence electrons. The predicted molar refractivity (Wildman–Crippen MR) is 81.5 cm³/mol. The zero-order valence-corrected chi connectivity index (χ0v) is 12.7. The lowest BCUT2D eigenvalue weighted by molar-refractivity contribution is -0.134. The lowest BCUT2D eigenvalue weighted by Gasteiger charge is -2.30. The quantitative estimate of drug-likeness (QED) is 0.913. The van der Waals surface area contributed by atoms with Gasteiger partial charge in [0.05, 0.1) is 5.56 Å². The molecule has 2 saturated carbocycles. The third-order valence-corrected chi connectivity index (χ3v) is 5.86. The maximum Gasteiger partial charge on any atom is 0.335 e. The summed E-state index contributed by atoms with van der Waals surface area (Å²) >= 11 is 0. The smallest absolute Gasteiger partial charge is 0.335 e. The van der Waals surface area contributed by atoms with Crippen LogP contribution in [0, 0.1) is 11.3 Å². The van der Waals surface area contributed by atoms with E-state index < -0.39 is 5.97 Å². The molecule has 1 N–H and O–H groups in total. The molecular weight excluding hydrogens is 278 g/mol. The van der Waals surface area contributed by atoms with Crippen LogP contribution in [0.15, 0.2) is 18.2 Å². The van der Waals surface area contributed by atoms with Gasteiger partial charge in [-0.05, 0) is 54.4 Å². The maximum atomic E-state index is 12.8. The van der Waals surface area contributed by atoms with Gasteiger partial charge in [-0.15, -0.1) is 0 Å². The third kappa shape index (κ3) is 2.13. The van der Waals surface area contributed by atoms with Gasteiger partial charge in [0.2, 0.25) is 5.91 Å². The Balaban J connectivity index is 1.50. The molecule has 1 aromatic rings. The van der Waals surface area contributed by atoms with E-state index in [-0.39, 0.29) is 5.92 Å². The van der Waals surface area contributed by atoms with Crippen LogP contribution >= 0.6 is 0 Å². The van der Waals surface area contributed by atoms with E-state index in [1.165, 1.54) is 31.2 Å². The highest BCUT2D eigenvalue weighted by molar-refractivity contribution is 5.88. The summed E-state index contributed by atoms with van der Waals surface area (Å²) in [5, 5.41) is 9.12. The standard InChI is InChI=1S/C18H21NO3/c20-16(15-10-18(15)6-1-2-7-18)19-8-5-12-3-4-13(17(21)22)9-14(12)11-19/h3-4,9,15H,1-2,5-8,10-11H2,(H,21,22). The molecule has 4 nitrogen and oxygen atoms in total. The largest absolute Gasteiger partial charge is 0.478 e. The van der Waals surface area contributed by atoms with E-state index in [4.69, 9.17) is 5.11 Å². The van der Waals surface area contributed by atoms with E-state index in [9.17, 15) is 9.59 Å². The van der Waals surface area contributed by atoms with Crippen molar-refractivity contribution < 1.29 is 14.7 Å². The second-order valence-electron chi connectivity index (χ2n) is 7.12. The van der Waals surface area contributed by atoms with Crippen LogP contribution in [0.25, 0.3) is 0 Å². The molecule has 2 aliphatic carbocycles. The number of fused-ring (bicyclic) bond motifs is 1. The lowest BCUT2D eigenvalue weighted by atomic mass is 9.96.